The van der Waals surface area contributed by atoms with Crippen LogP contribution in [0.2, 0.25) is 0 Å². The summed E-state index contributed by atoms with van der Waals surface area (Å²) >= 11 is 0. The van der Waals surface area contributed by atoms with Gasteiger partial charge in [0.25, 0.3) is 0 Å². The number of amides is 1. The number of carbonyl (C=O) groups is 1. The van der Waals surface area contributed by atoms with Crippen molar-refractivity contribution in [2.24, 2.45) is 0 Å². The third-order valence-electron chi connectivity index (χ3n) is 6.62. The second kappa shape index (κ2) is 10.8. The second-order valence-corrected chi connectivity index (χ2v) is 10.9. The molecule has 0 aliphatic carbocycles. The molecule has 192 valence electrons. The zero-order chi connectivity index (χ0) is 25.8. The number of aromatic nitrogens is 2. The van der Waals surface area contributed by atoms with Crippen LogP contribution in [0.15, 0.2) is 83.8 Å². The van der Waals surface area contributed by atoms with Gasteiger partial charge >= 0.3 is 0 Å². The Balaban J connectivity index is 1.35. The van der Waals surface area contributed by atoms with Crippen LogP contribution in [0, 0.1) is 6.92 Å². The molecule has 1 aliphatic heterocycles. The van der Waals surface area contributed by atoms with E-state index in [0.717, 1.165) is 28.0 Å². The Morgan fingerprint density at radius 1 is 0.946 bits per heavy atom. The number of hydrogen-bond acceptors (Lipinski definition) is 5. The Bertz CT molecular complexity index is 1480. The van der Waals surface area contributed by atoms with Crippen molar-refractivity contribution >= 4 is 27.0 Å². The van der Waals surface area contributed by atoms with E-state index in [4.69, 9.17) is 4.74 Å². The zero-order valence-electron chi connectivity index (χ0n) is 20.7. The van der Waals surface area contributed by atoms with Gasteiger partial charge in [0.05, 0.1) is 29.1 Å². The minimum absolute atomic E-state index is 0.122. The molecule has 0 bridgehead atoms. The van der Waals surface area contributed by atoms with Gasteiger partial charge in [-0.1, -0.05) is 54.6 Å². The summed E-state index contributed by atoms with van der Waals surface area (Å²) in [5.41, 5.74) is 3.80. The molecule has 3 aromatic carbocycles. The highest BCUT2D eigenvalue weighted by Crippen LogP contribution is 2.19. The average Bonchev–Trinajstić information content (AvgIpc) is 3.24. The topological polar surface area (TPSA) is 93.5 Å². The minimum Gasteiger partial charge on any atom is -0.378 e. The van der Waals surface area contributed by atoms with E-state index in [1.165, 1.54) is 0 Å². The quantitative estimate of drug-likeness (QED) is 0.387. The van der Waals surface area contributed by atoms with Crippen molar-refractivity contribution in [3.63, 3.8) is 0 Å². The van der Waals surface area contributed by atoms with Gasteiger partial charge in [-0.15, -0.1) is 0 Å². The van der Waals surface area contributed by atoms with Gasteiger partial charge in [0, 0.05) is 19.6 Å². The first-order valence-electron chi connectivity index (χ1n) is 12.3. The lowest BCUT2D eigenvalue weighted by molar-refractivity contribution is -0.137. The van der Waals surface area contributed by atoms with Crippen molar-refractivity contribution in [2.45, 2.75) is 30.8 Å². The molecule has 9 heteroatoms. The third kappa shape index (κ3) is 5.74. The number of ether oxygens (including phenoxy) is 1. The van der Waals surface area contributed by atoms with Gasteiger partial charge in [0.2, 0.25) is 15.9 Å². The molecule has 1 amide bonds. The number of benzene rings is 3. The van der Waals surface area contributed by atoms with E-state index in [0.29, 0.717) is 32.8 Å². The Labute approximate surface area is 216 Å². The van der Waals surface area contributed by atoms with Crippen molar-refractivity contribution in [3.8, 4) is 0 Å². The van der Waals surface area contributed by atoms with E-state index in [2.05, 4.69) is 14.3 Å². The predicted octanol–water partition coefficient (Wildman–Crippen LogP) is 3.14. The summed E-state index contributed by atoms with van der Waals surface area (Å²) in [7, 11) is -3.93. The Morgan fingerprint density at radius 3 is 2.35 bits per heavy atom. The number of carbonyl (C=O) groups excluding carboxylic acids is 1. The molecule has 1 aliphatic rings. The molecule has 2 heterocycles. The van der Waals surface area contributed by atoms with Crippen molar-refractivity contribution in [1.82, 2.24) is 19.2 Å². The van der Waals surface area contributed by atoms with Crippen LogP contribution >= 0.6 is 0 Å². The molecule has 0 radical (unpaired) electrons. The molecule has 1 aromatic heterocycles. The molecular weight excluding hydrogens is 488 g/mol. The molecule has 0 spiro atoms. The van der Waals surface area contributed by atoms with Crippen LogP contribution in [0.3, 0.4) is 0 Å². The SMILES string of the molecule is Cc1nc2ccccc2n1Cc1ccc(S(=O)(=O)NC(Cc2ccccc2)C(=O)N2CCOCC2)cc1. The van der Waals surface area contributed by atoms with Crippen LogP contribution in [-0.2, 0) is 32.5 Å². The number of nitrogens with zero attached hydrogens (tertiary/aromatic N) is 3. The number of aryl methyl sites for hydroxylation is 1. The molecule has 1 fully saturated rings. The summed E-state index contributed by atoms with van der Waals surface area (Å²) in [6.07, 6.45) is 0.265. The van der Waals surface area contributed by atoms with E-state index in [-0.39, 0.29) is 17.2 Å². The zero-order valence-corrected chi connectivity index (χ0v) is 21.5. The Morgan fingerprint density at radius 2 is 1.62 bits per heavy atom. The number of hydrogen-bond donors (Lipinski definition) is 1. The fourth-order valence-electron chi connectivity index (χ4n) is 4.64. The molecule has 0 saturated carbocycles. The van der Waals surface area contributed by atoms with E-state index in [9.17, 15) is 13.2 Å². The highest BCUT2D eigenvalue weighted by atomic mass is 32.2. The highest BCUT2D eigenvalue weighted by molar-refractivity contribution is 7.89. The first kappa shape index (κ1) is 25.1. The number of nitrogens with one attached hydrogen (secondary N) is 1. The maximum Gasteiger partial charge on any atom is 0.241 e. The molecule has 8 nitrogen and oxygen atoms in total. The predicted molar refractivity (Wildman–Crippen MR) is 142 cm³/mol. The molecule has 5 rings (SSSR count). The van der Waals surface area contributed by atoms with Crippen LogP contribution in [0.25, 0.3) is 11.0 Å². The number of sulfonamides is 1. The van der Waals surface area contributed by atoms with Gasteiger partial charge in [0.1, 0.15) is 11.9 Å². The van der Waals surface area contributed by atoms with Crippen LogP contribution < -0.4 is 4.72 Å². The summed E-state index contributed by atoms with van der Waals surface area (Å²) in [6.45, 7) is 4.33. The van der Waals surface area contributed by atoms with Gasteiger partial charge in [0.15, 0.2) is 0 Å². The maximum atomic E-state index is 13.4. The molecule has 4 aromatic rings. The summed E-state index contributed by atoms with van der Waals surface area (Å²) in [5, 5.41) is 0. The normalized spacial score (nSPS) is 15.1. The molecule has 1 atom stereocenters. The standard InChI is InChI=1S/C28H30N4O4S/c1-21-29-25-9-5-6-10-27(25)32(21)20-23-11-13-24(14-12-23)37(34,35)30-26(19-22-7-3-2-4-8-22)28(33)31-15-17-36-18-16-31/h2-14,26,30H,15-20H2,1H3. The summed E-state index contributed by atoms with van der Waals surface area (Å²) < 4.78 is 36.9. The Kier molecular flexibility index (Phi) is 7.36. The largest absolute Gasteiger partial charge is 0.378 e. The van der Waals surface area contributed by atoms with Gasteiger partial charge in [-0.25, -0.2) is 13.4 Å². The number of imidazole rings is 1. The van der Waals surface area contributed by atoms with Crippen LogP contribution in [-0.4, -0.2) is 61.1 Å². The van der Waals surface area contributed by atoms with E-state index < -0.39 is 16.1 Å². The van der Waals surface area contributed by atoms with Crippen LogP contribution in [0.4, 0.5) is 0 Å². The number of morpholine rings is 1. The number of rotatable bonds is 8. The maximum absolute atomic E-state index is 13.4. The number of para-hydroxylation sites is 2. The highest BCUT2D eigenvalue weighted by Gasteiger charge is 2.30. The average molecular weight is 519 g/mol. The summed E-state index contributed by atoms with van der Waals surface area (Å²) in [4.78, 5) is 19.7. The Hall–Kier alpha value is -3.53. The molecule has 37 heavy (non-hydrogen) atoms. The van der Waals surface area contributed by atoms with E-state index in [1.807, 2.05) is 61.5 Å². The fraction of sp³-hybridized carbons (Fsp3) is 0.286. The summed E-state index contributed by atoms with van der Waals surface area (Å²) in [5.74, 6) is 0.653. The van der Waals surface area contributed by atoms with Gasteiger partial charge in [-0.2, -0.15) is 4.72 Å². The number of fused-ring (bicyclic) bond motifs is 1. The lowest BCUT2D eigenvalue weighted by atomic mass is 10.1. The third-order valence-corrected chi connectivity index (χ3v) is 8.11. The fourth-order valence-corrected chi connectivity index (χ4v) is 5.83. The van der Waals surface area contributed by atoms with Crippen LogP contribution in [0.5, 0.6) is 0 Å². The minimum atomic E-state index is -3.93. The lowest BCUT2D eigenvalue weighted by Gasteiger charge is -2.30. The van der Waals surface area contributed by atoms with Gasteiger partial charge in [-0.05, 0) is 48.7 Å². The van der Waals surface area contributed by atoms with Crippen molar-refractivity contribution in [3.05, 3.63) is 95.8 Å². The van der Waals surface area contributed by atoms with Crippen molar-refractivity contribution in [2.75, 3.05) is 26.3 Å². The van der Waals surface area contributed by atoms with Gasteiger partial charge in [-0.3, -0.25) is 4.79 Å². The first-order chi connectivity index (χ1) is 17.9. The lowest BCUT2D eigenvalue weighted by Crippen LogP contribution is -2.52. The van der Waals surface area contributed by atoms with Gasteiger partial charge < -0.3 is 14.2 Å². The van der Waals surface area contributed by atoms with Crippen LogP contribution in [0.1, 0.15) is 17.0 Å². The first-order valence-corrected chi connectivity index (χ1v) is 13.8. The summed E-state index contributed by atoms with van der Waals surface area (Å²) in [6, 6.07) is 23.2. The van der Waals surface area contributed by atoms with E-state index in [1.54, 1.807) is 29.2 Å². The second-order valence-electron chi connectivity index (χ2n) is 9.18. The molecule has 1 N–H and O–H groups in total. The van der Waals surface area contributed by atoms with E-state index >= 15 is 0 Å². The molecular formula is C28H30N4O4S. The monoisotopic (exact) mass is 518 g/mol. The smallest absolute Gasteiger partial charge is 0.241 e. The van der Waals surface area contributed by atoms with Crippen molar-refractivity contribution < 1.29 is 17.9 Å². The molecule has 1 saturated heterocycles. The van der Waals surface area contributed by atoms with Crippen molar-refractivity contribution in [1.29, 1.82) is 0 Å². The molecule has 1 unspecified atom stereocenters.